The van der Waals surface area contributed by atoms with Crippen molar-refractivity contribution in [3.63, 3.8) is 0 Å². The van der Waals surface area contributed by atoms with Gasteiger partial charge in [0, 0.05) is 38.2 Å². The number of H-pyrrole nitrogens is 1. The first-order valence-electron chi connectivity index (χ1n) is 9.58. The number of imidazole rings is 1. The normalized spacial score (nSPS) is 18.5. The third-order valence-corrected chi connectivity index (χ3v) is 5.29. The summed E-state index contributed by atoms with van der Waals surface area (Å²) in [6.45, 7) is 7.88. The van der Waals surface area contributed by atoms with Gasteiger partial charge in [0.15, 0.2) is 0 Å². The molecule has 136 valence electrons. The van der Waals surface area contributed by atoms with Crippen LogP contribution in [0.3, 0.4) is 0 Å². The molecule has 2 heterocycles. The standard InChI is InChI=1S/C22H27N3O/c1-3-22-23-16(2)21(24-22)15-25-11-12-26-19(14-25)13-18-9-6-8-17-7-4-5-10-20(17)18/h4-10,19H,3,11-15H2,1-2H3,(H,23,24). The van der Waals surface area contributed by atoms with Crippen LogP contribution in [-0.2, 0) is 24.1 Å². The van der Waals surface area contributed by atoms with Gasteiger partial charge in [-0.1, -0.05) is 49.4 Å². The summed E-state index contributed by atoms with van der Waals surface area (Å²) in [4.78, 5) is 10.6. The van der Waals surface area contributed by atoms with Crippen LogP contribution >= 0.6 is 0 Å². The number of aromatic nitrogens is 2. The van der Waals surface area contributed by atoms with Gasteiger partial charge in [-0.3, -0.25) is 4.90 Å². The smallest absolute Gasteiger partial charge is 0.106 e. The Kier molecular flexibility index (Phi) is 5.05. The van der Waals surface area contributed by atoms with Crippen molar-refractivity contribution in [3.8, 4) is 0 Å². The van der Waals surface area contributed by atoms with E-state index >= 15 is 0 Å². The number of ether oxygens (including phenoxy) is 1. The second-order valence-corrected chi connectivity index (χ2v) is 7.18. The van der Waals surface area contributed by atoms with Gasteiger partial charge in [0.2, 0.25) is 0 Å². The van der Waals surface area contributed by atoms with Crippen molar-refractivity contribution >= 4 is 10.8 Å². The van der Waals surface area contributed by atoms with Crippen molar-refractivity contribution in [2.24, 2.45) is 0 Å². The Morgan fingerprint density at radius 1 is 1.19 bits per heavy atom. The predicted octanol–water partition coefficient (Wildman–Crippen LogP) is 3.88. The molecule has 4 rings (SSSR count). The molecular weight excluding hydrogens is 322 g/mol. The second kappa shape index (κ2) is 7.60. The molecule has 4 heteroatoms. The number of hydrogen-bond donors (Lipinski definition) is 1. The van der Waals surface area contributed by atoms with E-state index in [4.69, 9.17) is 9.72 Å². The number of rotatable bonds is 5. The Balaban J connectivity index is 1.45. The first-order valence-corrected chi connectivity index (χ1v) is 9.58. The topological polar surface area (TPSA) is 41.2 Å². The summed E-state index contributed by atoms with van der Waals surface area (Å²) in [5.41, 5.74) is 3.74. The lowest BCUT2D eigenvalue weighted by Crippen LogP contribution is -2.43. The monoisotopic (exact) mass is 349 g/mol. The number of nitrogens with zero attached hydrogens (tertiary/aromatic N) is 2. The number of hydrogen-bond acceptors (Lipinski definition) is 3. The van der Waals surface area contributed by atoms with Gasteiger partial charge in [0.05, 0.1) is 18.4 Å². The van der Waals surface area contributed by atoms with Gasteiger partial charge in [-0.2, -0.15) is 0 Å². The van der Waals surface area contributed by atoms with Gasteiger partial charge >= 0.3 is 0 Å². The number of aromatic amines is 1. The van der Waals surface area contributed by atoms with Crippen LogP contribution in [0.5, 0.6) is 0 Å². The number of aryl methyl sites for hydroxylation is 2. The Hall–Kier alpha value is -2.17. The lowest BCUT2D eigenvalue weighted by Gasteiger charge is -2.33. The molecule has 1 unspecified atom stereocenters. The quantitative estimate of drug-likeness (QED) is 0.760. The van der Waals surface area contributed by atoms with Gasteiger partial charge in [-0.25, -0.2) is 4.98 Å². The summed E-state index contributed by atoms with van der Waals surface area (Å²) in [6.07, 6.45) is 2.14. The largest absolute Gasteiger partial charge is 0.375 e. The lowest BCUT2D eigenvalue weighted by atomic mass is 9.99. The highest BCUT2D eigenvalue weighted by Crippen LogP contribution is 2.22. The van der Waals surface area contributed by atoms with Gasteiger partial charge in [-0.15, -0.1) is 0 Å². The maximum Gasteiger partial charge on any atom is 0.106 e. The number of morpholine rings is 1. The van der Waals surface area contributed by atoms with Crippen LogP contribution in [0.2, 0.25) is 0 Å². The highest BCUT2D eigenvalue weighted by molar-refractivity contribution is 5.85. The zero-order chi connectivity index (χ0) is 17.9. The van der Waals surface area contributed by atoms with E-state index in [0.717, 1.165) is 44.9 Å². The molecule has 4 nitrogen and oxygen atoms in total. The van der Waals surface area contributed by atoms with Crippen molar-refractivity contribution in [1.82, 2.24) is 14.9 Å². The fraction of sp³-hybridized carbons (Fsp3) is 0.409. The third-order valence-electron chi connectivity index (χ3n) is 5.29. The first-order chi connectivity index (χ1) is 12.7. The van der Waals surface area contributed by atoms with Crippen molar-refractivity contribution in [3.05, 3.63) is 65.2 Å². The van der Waals surface area contributed by atoms with E-state index in [1.54, 1.807) is 0 Å². The first kappa shape index (κ1) is 17.3. The Morgan fingerprint density at radius 2 is 2.04 bits per heavy atom. The van der Waals surface area contributed by atoms with Crippen LogP contribution in [0.15, 0.2) is 42.5 Å². The number of benzene rings is 2. The molecule has 0 bridgehead atoms. The summed E-state index contributed by atoms with van der Waals surface area (Å²) in [5.74, 6) is 1.08. The van der Waals surface area contributed by atoms with Crippen LogP contribution in [0.25, 0.3) is 10.8 Å². The molecule has 26 heavy (non-hydrogen) atoms. The fourth-order valence-electron chi connectivity index (χ4n) is 3.86. The summed E-state index contributed by atoms with van der Waals surface area (Å²) in [5, 5.41) is 2.64. The maximum absolute atomic E-state index is 6.09. The zero-order valence-corrected chi connectivity index (χ0v) is 15.7. The Bertz CT molecular complexity index is 881. The number of fused-ring (bicyclic) bond motifs is 1. The Morgan fingerprint density at radius 3 is 2.88 bits per heavy atom. The van der Waals surface area contributed by atoms with E-state index < -0.39 is 0 Å². The molecule has 1 aliphatic heterocycles. The van der Waals surface area contributed by atoms with E-state index in [0.29, 0.717) is 0 Å². The summed E-state index contributed by atoms with van der Waals surface area (Å²) in [7, 11) is 0. The minimum absolute atomic E-state index is 0.236. The second-order valence-electron chi connectivity index (χ2n) is 7.18. The van der Waals surface area contributed by atoms with Crippen LogP contribution in [-0.4, -0.2) is 40.7 Å². The Labute approximate surface area is 155 Å². The molecule has 0 aliphatic carbocycles. The van der Waals surface area contributed by atoms with E-state index in [9.17, 15) is 0 Å². The van der Waals surface area contributed by atoms with Gasteiger partial charge in [0.1, 0.15) is 5.82 Å². The highest BCUT2D eigenvalue weighted by atomic mass is 16.5. The van der Waals surface area contributed by atoms with Crippen molar-refractivity contribution in [2.75, 3.05) is 19.7 Å². The minimum Gasteiger partial charge on any atom is -0.375 e. The molecule has 1 atom stereocenters. The minimum atomic E-state index is 0.236. The SMILES string of the molecule is CCc1nc(CN2CCOC(Cc3cccc4ccccc34)C2)c(C)[nH]1. The maximum atomic E-state index is 6.09. The molecule has 0 amide bonds. The van der Waals surface area contributed by atoms with Crippen molar-refractivity contribution < 1.29 is 4.74 Å². The molecule has 0 saturated carbocycles. The van der Waals surface area contributed by atoms with E-state index in [1.807, 2.05) is 0 Å². The molecule has 3 aromatic rings. The van der Waals surface area contributed by atoms with E-state index in [2.05, 4.69) is 66.2 Å². The molecule has 0 radical (unpaired) electrons. The molecular formula is C22H27N3O. The molecule has 0 spiro atoms. The fourth-order valence-corrected chi connectivity index (χ4v) is 3.86. The average Bonchev–Trinajstić information content (AvgIpc) is 3.02. The van der Waals surface area contributed by atoms with Crippen LogP contribution in [0.4, 0.5) is 0 Å². The molecule has 2 aromatic carbocycles. The van der Waals surface area contributed by atoms with Crippen LogP contribution < -0.4 is 0 Å². The molecule has 1 saturated heterocycles. The van der Waals surface area contributed by atoms with E-state index in [1.165, 1.54) is 27.7 Å². The average molecular weight is 349 g/mol. The number of nitrogens with one attached hydrogen (secondary N) is 1. The van der Waals surface area contributed by atoms with Gasteiger partial charge in [-0.05, 0) is 23.3 Å². The molecule has 1 N–H and O–H groups in total. The summed E-state index contributed by atoms with van der Waals surface area (Å²) >= 11 is 0. The molecule has 1 aliphatic rings. The van der Waals surface area contributed by atoms with Gasteiger partial charge < -0.3 is 9.72 Å². The lowest BCUT2D eigenvalue weighted by molar-refractivity contribution is -0.0307. The van der Waals surface area contributed by atoms with E-state index in [-0.39, 0.29) is 6.10 Å². The van der Waals surface area contributed by atoms with Crippen LogP contribution in [0, 0.1) is 6.92 Å². The van der Waals surface area contributed by atoms with Crippen molar-refractivity contribution in [2.45, 2.75) is 39.3 Å². The summed E-state index contributed by atoms with van der Waals surface area (Å²) in [6, 6.07) is 15.2. The summed E-state index contributed by atoms with van der Waals surface area (Å²) < 4.78 is 6.09. The third kappa shape index (κ3) is 3.67. The zero-order valence-electron chi connectivity index (χ0n) is 15.7. The predicted molar refractivity (Wildman–Crippen MR) is 105 cm³/mol. The van der Waals surface area contributed by atoms with Crippen LogP contribution in [0.1, 0.15) is 29.7 Å². The molecule has 1 aromatic heterocycles. The van der Waals surface area contributed by atoms with Gasteiger partial charge in [0.25, 0.3) is 0 Å². The highest BCUT2D eigenvalue weighted by Gasteiger charge is 2.22. The van der Waals surface area contributed by atoms with Crippen molar-refractivity contribution in [1.29, 1.82) is 0 Å². The molecule has 1 fully saturated rings.